The molecule has 2 aromatic heterocycles. The van der Waals surface area contributed by atoms with Crippen molar-refractivity contribution < 1.29 is 9.53 Å². The molecule has 0 saturated carbocycles. The van der Waals surface area contributed by atoms with Gasteiger partial charge in [-0.15, -0.1) is 0 Å². The number of carbonyl (C=O) groups excluding carboxylic acids is 1. The topological polar surface area (TPSA) is 81.1 Å². The van der Waals surface area contributed by atoms with Gasteiger partial charge in [0.15, 0.2) is 0 Å². The Morgan fingerprint density at radius 1 is 1.19 bits per heavy atom. The van der Waals surface area contributed by atoms with E-state index in [1.54, 1.807) is 31.0 Å². The van der Waals surface area contributed by atoms with Gasteiger partial charge >= 0.3 is 6.03 Å². The molecule has 26 heavy (non-hydrogen) atoms. The van der Waals surface area contributed by atoms with E-state index in [-0.39, 0.29) is 12.1 Å². The molecule has 0 bridgehead atoms. The highest BCUT2D eigenvalue weighted by atomic mass is 16.5. The summed E-state index contributed by atoms with van der Waals surface area (Å²) < 4.78 is 7.67. The Bertz CT molecular complexity index is 821. The van der Waals surface area contributed by atoms with Crippen LogP contribution in [-0.4, -0.2) is 26.6 Å². The summed E-state index contributed by atoms with van der Waals surface area (Å²) in [7, 11) is 0. The van der Waals surface area contributed by atoms with Crippen molar-refractivity contribution in [3.05, 3.63) is 73.1 Å². The maximum Gasteiger partial charge on any atom is 0.319 e. The zero-order valence-corrected chi connectivity index (χ0v) is 14.5. The van der Waals surface area contributed by atoms with Crippen LogP contribution in [0.15, 0.2) is 67.5 Å². The van der Waals surface area contributed by atoms with Crippen LogP contribution in [0.3, 0.4) is 0 Å². The maximum atomic E-state index is 12.1. The van der Waals surface area contributed by atoms with Gasteiger partial charge in [0.2, 0.25) is 0 Å². The second kappa shape index (κ2) is 8.66. The van der Waals surface area contributed by atoms with Gasteiger partial charge in [0.05, 0.1) is 6.33 Å². The highest BCUT2D eigenvalue weighted by Gasteiger charge is 2.08. The van der Waals surface area contributed by atoms with Crippen LogP contribution in [0.4, 0.5) is 10.5 Å². The average molecular weight is 351 g/mol. The van der Waals surface area contributed by atoms with Crippen LogP contribution in [0, 0.1) is 0 Å². The highest BCUT2D eigenvalue weighted by Crippen LogP contribution is 2.18. The number of nitrogens with one attached hydrogen (secondary N) is 2. The molecule has 0 radical (unpaired) electrons. The van der Waals surface area contributed by atoms with Gasteiger partial charge in [-0.05, 0) is 36.8 Å². The Morgan fingerprint density at radius 3 is 2.81 bits per heavy atom. The smallest absolute Gasteiger partial charge is 0.319 e. The third kappa shape index (κ3) is 5.34. The van der Waals surface area contributed by atoms with Crippen molar-refractivity contribution in [2.24, 2.45) is 0 Å². The molecule has 7 heteroatoms. The lowest BCUT2D eigenvalue weighted by Gasteiger charge is -2.15. The third-order valence-corrected chi connectivity index (χ3v) is 3.67. The minimum Gasteiger partial charge on any atom is -0.489 e. The number of imidazole rings is 1. The van der Waals surface area contributed by atoms with Gasteiger partial charge in [-0.2, -0.15) is 0 Å². The minimum absolute atomic E-state index is 0.0321. The molecule has 0 unspecified atom stereocenters. The quantitative estimate of drug-likeness (QED) is 0.685. The highest BCUT2D eigenvalue weighted by molar-refractivity contribution is 5.89. The molecule has 3 aromatic rings. The summed E-state index contributed by atoms with van der Waals surface area (Å²) in [5.74, 6) is 0.686. The number of rotatable bonds is 7. The first-order valence-electron chi connectivity index (χ1n) is 8.34. The van der Waals surface area contributed by atoms with E-state index in [0.717, 1.165) is 5.56 Å². The molecule has 3 rings (SSSR count). The lowest BCUT2D eigenvalue weighted by atomic mass is 10.3. The van der Waals surface area contributed by atoms with Crippen LogP contribution in [0.2, 0.25) is 0 Å². The van der Waals surface area contributed by atoms with Crippen LogP contribution in [0.25, 0.3) is 0 Å². The van der Waals surface area contributed by atoms with Crippen molar-refractivity contribution in [1.29, 1.82) is 0 Å². The van der Waals surface area contributed by atoms with Gasteiger partial charge in [0.1, 0.15) is 12.4 Å². The fourth-order valence-electron chi connectivity index (χ4n) is 2.46. The summed E-state index contributed by atoms with van der Waals surface area (Å²) in [6, 6.07) is 10.8. The van der Waals surface area contributed by atoms with Crippen molar-refractivity contribution in [2.45, 2.75) is 26.1 Å². The fourth-order valence-corrected chi connectivity index (χ4v) is 2.46. The summed E-state index contributed by atoms with van der Waals surface area (Å²) in [4.78, 5) is 20.1. The number of anilines is 1. The van der Waals surface area contributed by atoms with E-state index in [1.807, 2.05) is 48.0 Å². The normalized spacial score (nSPS) is 11.6. The Hall–Kier alpha value is -3.35. The van der Waals surface area contributed by atoms with Crippen LogP contribution >= 0.6 is 0 Å². The van der Waals surface area contributed by atoms with Gasteiger partial charge in [-0.25, -0.2) is 9.78 Å². The monoisotopic (exact) mass is 351 g/mol. The zero-order valence-electron chi connectivity index (χ0n) is 14.5. The second-order valence-corrected chi connectivity index (χ2v) is 5.93. The van der Waals surface area contributed by atoms with Crippen molar-refractivity contribution in [1.82, 2.24) is 19.9 Å². The number of hydrogen-bond donors (Lipinski definition) is 2. The molecule has 2 amide bonds. The summed E-state index contributed by atoms with van der Waals surface area (Å²) >= 11 is 0. The molecule has 0 fully saturated rings. The van der Waals surface area contributed by atoms with Crippen molar-refractivity contribution >= 4 is 11.7 Å². The first kappa shape index (κ1) is 17.5. The Morgan fingerprint density at radius 2 is 2.04 bits per heavy atom. The Kier molecular flexibility index (Phi) is 5.82. The predicted molar refractivity (Wildman–Crippen MR) is 98.9 cm³/mol. The van der Waals surface area contributed by atoms with E-state index in [0.29, 0.717) is 24.6 Å². The molecule has 2 heterocycles. The molecule has 0 spiro atoms. The maximum absolute atomic E-state index is 12.1. The Labute approximate surface area is 152 Å². The van der Waals surface area contributed by atoms with E-state index in [1.165, 1.54) is 0 Å². The lowest BCUT2D eigenvalue weighted by Crippen LogP contribution is -2.38. The minimum atomic E-state index is -0.260. The molecule has 1 aromatic carbocycles. The largest absolute Gasteiger partial charge is 0.489 e. The van der Waals surface area contributed by atoms with Gasteiger partial charge in [0, 0.05) is 49.1 Å². The van der Waals surface area contributed by atoms with Crippen molar-refractivity contribution in [3.63, 3.8) is 0 Å². The Balaban J connectivity index is 1.50. The first-order chi connectivity index (χ1) is 12.7. The fraction of sp³-hybridized carbons (Fsp3) is 0.211. The second-order valence-electron chi connectivity index (χ2n) is 5.93. The summed E-state index contributed by atoms with van der Waals surface area (Å²) in [5.41, 5.74) is 1.70. The molecule has 7 nitrogen and oxygen atoms in total. The number of nitrogens with zero attached hydrogens (tertiary/aromatic N) is 3. The molecular weight excluding hydrogens is 330 g/mol. The van der Waals surface area contributed by atoms with Crippen LogP contribution < -0.4 is 15.4 Å². The van der Waals surface area contributed by atoms with E-state index < -0.39 is 0 Å². The summed E-state index contributed by atoms with van der Waals surface area (Å²) in [6.45, 7) is 3.04. The van der Waals surface area contributed by atoms with E-state index >= 15 is 0 Å². The van der Waals surface area contributed by atoms with Gasteiger partial charge < -0.3 is 19.9 Å². The van der Waals surface area contributed by atoms with E-state index in [4.69, 9.17) is 4.74 Å². The first-order valence-corrected chi connectivity index (χ1v) is 8.34. The number of pyridine rings is 1. The SMILES string of the molecule is C[C@@H](Cn1ccnc1)NC(=O)Nc1cccc(OCc2ccncc2)c1. The average Bonchev–Trinajstić information content (AvgIpc) is 3.14. The number of aromatic nitrogens is 3. The van der Waals surface area contributed by atoms with Crippen LogP contribution in [0.1, 0.15) is 12.5 Å². The molecule has 0 aliphatic carbocycles. The van der Waals surface area contributed by atoms with Crippen LogP contribution in [-0.2, 0) is 13.2 Å². The molecule has 134 valence electrons. The molecule has 0 aliphatic heterocycles. The van der Waals surface area contributed by atoms with E-state index in [2.05, 4.69) is 20.6 Å². The predicted octanol–water partition coefficient (Wildman–Crippen LogP) is 3.07. The molecule has 2 N–H and O–H groups in total. The number of carbonyl (C=O) groups is 1. The van der Waals surface area contributed by atoms with Crippen molar-refractivity contribution in [2.75, 3.05) is 5.32 Å². The number of hydrogen-bond acceptors (Lipinski definition) is 4. The molecule has 1 atom stereocenters. The molecule has 0 saturated heterocycles. The van der Waals surface area contributed by atoms with Gasteiger partial charge in [-0.3, -0.25) is 4.98 Å². The summed E-state index contributed by atoms with van der Waals surface area (Å²) in [6.07, 6.45) is 8.75. The van der Waals surface area contributed by atoms with Crippen molar-refractivity contribution in [3.8, 4) is 5.75 Å². The van der Waals surface area contributed by atoms with E-state index in [9.17, 15) is 4.79 Å². The standard InChI is InChI=1S/C19H21N5O2/c1-15(12-24-10-9-21-14-24)22-19(25)23-17-3-2-4-18(11-17)26-13-16-5-7-20-8-6-16/h2-11,14-15H,12-13H2,1H3,(H2,22,23,25)/t15-/m0/s1. The molecule has 0 aliphatic rings. The summed E-state index contributed by atoms with van der Waals surface area (Å²) in [5, 5.41) is 5.72. The number of benzene rings is 1. The third-order valence-electron chi connectivity index (χ3n) is 3.67. The number of amides is 2. The lowest BCUT2D eigenvalue weighted by molar-refractivity contribution is 0.248. The van der Waals surface area contributed by atoms with Crippen LogP contribution in [0.5, 0.6) is 5.75 Å². The van der Waals surface area contributed by atoms with Gasteiger partial charge in [0.25, 0.3) is 0 Å². The molecular formula is C19H21N5O2. The number of ether oxygens (including phenoxy) is 1. The zero-order chi connectivity index (χ0) is 18.2. The van der Waals surface area contributed by atoms with Gasteiger partial charge in [-0.1, -0.05) is 6.07 Å². The number of urea groups is 1.